The number of benzene rings is 1. The highest BCUT2D eigenvalue weighted by molar-refractivity contribution is 5.92. The number of fused-ring (bicyclic) bond motifs is 1. The Balaban J connectivity index is 1.41. The Morgan fingerprint density at radius 2 is 1.97 bits per heavy atom. The first-order chi connectivity index (χ1) is 18.8. The van der Waals surface area contributed by atoms with E-state index in [1.165, 1.54) is 0 Å². The Morgan fingerprint density at radius 3 is 2.67 bits per heavy atom. The van der Waals surface area contributed by atoms with Crippen LogP contribution in [-0.2, 0) is 11.2 Å². The van der Waals surface area contributed by atoms with Gasteiger partial charge in [-0.15, -0.1) is 0 Å². The van der Waals surface area contributed by atoms with Gasteiger partial charge in [0, 0.05) is 30.2 Å². The van der Waals surface area contributed by atoms with E-state index in [2.05, 4.69) is 45.5 Å². The number of pyridine rings is 1. The third kappa shape index (κ3) is 6.45. The molecule has 9 heteroatoms. The van der Waals surface area contributed by atoms with Gasteiger partial charge >= 0.3 is 5.69 Å². The van der Waals surface area contributed by atoms with E-state index >= 15 is 0 Å². The summed E-state index contributed by atoms with van der Waals surface area (Å²) in [4.78, 5) is 37.8. The van der Waals surface area contributed by atoms with Crippen LogP contribution in [0.15, 0.2) is 53.6 Å². The number of nitrogens with one attached hydrogen (secondary N) is 2. The smallest absolute Gasteiger partial charge is 0.350 e. The predicted molar refractivity (Wildman–Crippen MR) is 151 cm³/mol. The van der Waals surface area contributed by atoms with Crippen molar-refractivity contribution in [2.24, 2.45) is 5.41 Å². The second kappa shape index (κ2) is 11.5. The molecule has 2 N–H and O–H groups in total. The van der Waals surface area contributed by atoms with Gasteiger partial charge in [-0.2, -0.15) is 10.2 Å². The zero-order valence-corrected chi connectivity index (χ0v) is 22.8. The lowest BCUT2D eigenvalue weighted by Gasteiger charge is -2.31. The molecular formula is C30H37N7O2. The van der Waals surface area contributed by atoms with Crippen molar-refractivity contribution < 1.29 is 4.79 Å². The number of nitrogens with zero attached hydrogens (tertiary/aromatic N) is 5. The van der Waals surface area contributed by atoms with Gasteiger partial charge in [-0.3, -0.25) is 14.3 Å². The second-order valence-corrected chi connectivity index (χ2v) is 11.5. The quantitative estimate of drug-likeness (QED) is 0.413. The van der Waals surface area contributed by atoms with Gasteiger partial charge in [0.25, 0.3) is 0 Å². The summed E-state index contributed by atoms with van der Waals surface area (Å²) in [6.45, 7) is 4.11. The molecule has 204 valence electrons. The van der Waals surface area contributed by atoms with Crippen molar-refractivity contribution in [2.45, 2.75) is 70.0 Å². The monoisotopic (exact) mass is 527 g/mol. The van der Waals surface area contributed by atoms with Crippen molar-refractivity contribution in [3.05, 3.63) is 64.8 Å². The molecule has 1 amide bonds. The third-order valence-corrected chi connectivity index (χ3v) is 8.29. The fourth-order valence-corrected chi connectivity index (χ4v) is 5.46. The summed E-state index contributed by atoms with van der Waals surface area (Å²) < 4.78 is 1.83. The van der Waals surface area contributed by atoms with E-state index in [1.54, 1.807) is 12.4 Å². The summed E-state index contributed by atoms with van der Waals surface area (Å²) in [5, 5.41) is 16.8. The van der Waals surface area contributed by atoms with Crippen LogP contribution in [0.2, 0.25) is 0 Å². The molecule has 2 unspecified atom stereocenters. The normalized spacial score (nSPS) is 18.7. The van der Waals surface area contributed by atoms with Gasteiger partial charge < -0.3 is 15.5 Å². The Kier molecular flexibility index (Phi) is 7.94. The van der Waals surface area contributed by atoms with Crippen LogP contribution in [0.4, 0.5) is 5.82 Å². The Labute approximate surface area is 229 Å². The molecule has 0 radical (unpaired) electrons. The number of anilines is 1. The standard InChI is InChI=1S/C30H37N7O2/c1-30(13-14-30)12-9-25(28(38)33-22(19-31)18-21-6-5-15-32-20-21)34-27-24-7-3-4-8-26(24)37(29(39)35-27)23-10-16-36(2)17-11-23/h3-8,15,20,22-23,25H,9-14,16-18H2,1-2H3,(H,33,38)(H,34,35,39). The molecule has 1 saturated heterocycles. The fraction of sp³-hybridized carbons (Fsp3) is 0.500. The van der Waals surface area contributed by atoms with Gasteiger partial charge in [-0.25, -0.2) is 4.79 Å². The van der Waals surface area contributed by atoms with E-state index < -0.39 is 12.1 Å². The van der Waals surface area contributed by atoms with Gasteiger partial charge in [0.15, 0.2) is 0 Å². The van der Waals surface area contributed by atoms with Gasteiger partial charge in [-0.05, 0) is 87.8 Å². The molecule has 3 aromatic rings. The van der Waals surface area contributed by atoms with Gasteiger partial charge in [0.2, 0.25) is 5.91 Å². The first-order valence-electron chi connectivity index (χ1n) is 13.9. The van der Waals surface area contributed by atoms with Crippen LogP contribution in [0.1, 0.15) is 57.1 Å². The Morgan fingerprint density at radius 1 is 1.21 bits per heavy atom. The maximum atomic E-state index is 13.6. The molecule has 2 fully saturated rings. The van der Waals surface area contributed by atoms with Crippen molar-refractivity contribution in [3.8, 4) is 6.07 Å². The molecule has 39 heavy (non-hydrogen) atoms. The molecule has 0 spiro atoms. The van der Waals surface area contributed by atoms with E-state index in [1.807, 2.05) is 41.0 Å². The zero-order chi connectivity index (χ0) is 27.4. The summed E-state index contributed by atoms with van der Waals surface area (Å²) in [7, 11) is 2.10. The molecule has 2 aromatic heterocycles. The highest BCUT2D eigenvalue weighted by atomic mass is 16.2. The summed E-state index contributed by atoms with van der Waals surface area (Å²) >= 11 is 0. The predicted octanol–water partition coefficient (Wildman–Crippen LogP) is 3.67. The number of hydrogen-bond acceptors (Lipinski definition) is 7. The van der Waals surface area contributed by atoms with Crippen LogP contribution in [0, 0.1) is 16.7 Å². The lowest BCUT2D eigenvalue weighted by atomic mass is 9.98. The molecule has 2 aliphatic rings. The molecule has 3 heterocycles. The largest absolute Gasteiger partial charge is 0.358 e. The van der Waals surface area contributed by atoms with Crippen molar-refractivity contribution in [1.29, 1.82) is 5.26 Å². The van der Waals surface area contributed by atoms with E-state index in [9.17, 15) is 14.9 Å². The Bertz CT molecular complexity index is 1400. The van der Waals surface area contributed by atoms with E-state index in [0.29, 0.717) is 18.7 Å². The molecule has 9 nitrogen and oxygen atoms in total. The number of aromatic nitrogens is 3. The number of carbonyl (C=O) groups excluding carboxylic acids is 1. The number of hydrogen-bond donors (Lipinski definition) is 2. The number of piperidine rings is 1. The lowest BCUT2D eigenvalue weighted by Crippen LogP contribution is -2.45. The number of para-hydroxylation sites is 1. The second-order valence-electron chi connectivity index (χ2n) is 11.5. The van der Waals surface area contributed by atoms with Crippen LogP contribution >= 0.6 is 0 Å². The maximum Gasteiger partial charge on any atom is 0.350 e. The molecule has 2 atom stereocenters. The zero-order valence-electron chi connectivity index (χ0n) is 22.8. The first-order valence-corrected chi connectivity index (χ1v) is 13.9. The molecule has 1 saturated carbocycles. The van der Waals surface area contributed by atoms with Crippen LogP contribution in [0.3, 0.4) is 0 Å². The average Bonchev–Trinajstić information content (AvgIpc) is 3.69. The van der Waals surface area contributed by atoms with Crippen molar-refractivity contribution in [3.63, 3.8) is 0 Å². The minimum absolute atomic E-state index is 0.0953. The molecule has 1 aliphatic heterocycles. The lowest BCUT2D eigenvalue weighted by molar-refractivity contribution is -0.122. The molecule has 5 rings (SSSR count). The van der Waals surface area contributed by atoms with E-state index in [0.717, 1.165) is 61.7 Å². The maximum absolute atomic E-state index is 13.6. The fourth-order valence-electron chi connectivity index (χ4n) is 5.46. The van der Waals surface area contributed by atoms with E-state index in [-0.39, 0.29) is 23.1 Å². The number of rotatable bonds is 10. The van der Waals surface area contributed by atoms with E-state index in [4.69, 9.17) is 0 Å². The average molecular weight is 528 g/mol. The van der Waals surface area contributed by atoms with Crippen molar-refractivity contribution >= 4 is 22.6 Å². The highest BCUT2D eigenvalue weighted by Crippen LogP contribution is 2.49. The number of amides is 1. The minimum atomic E-state index is -0.690. The van der Waals surface area contributed by atoms with Crippen LogP contribution in [0.25, 0.3) is 10.9 Å². The Hall–Kier alpha value is -3.77. The van der Waals surface area contributed by atoms with Crippen LogP contribution in [-0.4, -0.2) is 57.6 Å². The minimum Gasteiger partial charge on any atom is -0.358 e. The molecule has 0 bridgehead atoms. The molecular weight excluding hydrogens is 490 g/mol. The number of nitriles is 1. The van der Waals surface area contributed by atoms with Crippen LogP contribution in [0.5, 0.6) is 0 Å². The summed E-state index contributed by atoms with van der Waals surface area (Å²) in [6.07, 6.45) is 9.30. The number of likely N-dealkylation sites (tertiary alicyclic amines) is 1. The highest BCUT2D eigenvalue weighted by Gasteiger charge is 2.38. The van der Waals surface area contributed by atoms with Crippen molar-refractivity contribution in [1.82, 2.24) is 24.8 Å². The summed E-state index contributed by atoms with van der Waals surface area (Å²) in [6, 6.07) is 12.5. The van der Waals surface area contributed by atoms with Gasteiger partial charge in [0.05, 0.1) is 11.6 Å². The first kappa shape index (κ1) is 26.8. The molecule has 1 aromatic carbocycles. The molecule has 1 aliphatic carbocycles. The van der Waals surface area contributed by atoms with Crippen LogP contribution < -0.4 is 16.3 Å². The van der Waals surface area contributed by atoms with Gasteiger partial charge in [0.1, 0.15) is 17.9 Å². The van der Waals surface area contributed by atoms with Crippen molar-refractivity contribution in [2.75, 3.05) is 25.5 Å². The summed E-state index contributed by atoms with van der Waals surface area (Å²) in [5.41, 5.74) is 1.65. The third-order valence-electron chi connectivity index (χ3n) is 8.29. The summed E-state index contributed by atoms with van der Waals surface area (Å²) in [5.74, 6) is 0.154. The topological polar surface area (TPSA) is 116 Å². The SMILES string of the molecule is CN1CCC(n2c(=O)nc(NC(CCC3(C)CC3)C(=O)NC(C#N)Cc3cccnc3)c3ccccc32)CC1. The van der Waals surface area contributed by atoms with Gasteiger partial charge in [-0.1, -0.05) is 25.1 Å². The number of carbonyl (C=O) groups is 1.